The number of sulfonamides is 1. The minimum absolute atomic E-state index is 0.0396. The van der Waals surface area contributed by atoms with Crippen molar-refractivity contribution in [3.05, 3.63) is 24.3 Å². The van der Waals surface area contributed by atoms with Gasteiger partial charge in [-0.05, 0) is 26.0 Å². The topological polar surface area (TPSA) is 92.5 Å². The van der Waals surface area contributed by atoms with E-state index in [0.29, 0.717) is 6.54 Å². The van der Waals surface area contributed by atoms with Crippen LogP contribution < -0.4 is 11.1 Å². The zero-order chi connectivity index (χ0) is 14.3. The summed E-state index contributed by atoms with van der Waals surface area (Å²) >= 11 is 0. The molecule has 2 rings (SSSR count). The smallest absolute Gasteiger partial charge is 0.246 e. The summed E-state index contributed by atoms with van der Waals surface area (Å²) in [4.78, 5) is 11.9. The van der Waals surface area contributed by atoms with E-state index in [-0.39, 0.29) is 23.0 Å². The molecule has 1 amide bonds. The first-order valence-electron chi connectivity index (χ1n) is 5.93. The molecule has 0 saturated carbocycles. The SMILES string of the molecule is CC1(C)C(=O)NCCN1S(=O)(=O)c1ccccc1N. The number of carbonyl (C=O) groups is 1. The molecule has 1 aliphatic heterocycles. The van der Waals surface area contributed by atoms with Gasteiger partial charge in [-0.25, -0.2) is 8.42 Å². The lowest BCUT2D eigenvalue weighted by molar-refractivity contribution is -0.131. The fourth-order valence-electron chi connectivity index (χ4n) is 2.13. The second-order valence-corrected chi connectivity index (χ2v) is 6.76. The zero-order valence-electron chi connectivity index (χ0n) is 10.9. The molecule has 3 N–H and O–H groups in total. The van der Waals surface area contributed by atoms with Crippen LogP contribution in [-0.4, -0.2) is 37.3 Å². The van der Waals surface area contributed by atoms with Gasteiger partial charge in [0.2, 0.25) is 15.9 Å². The van der Waals surface area contributed by atoms with E-state index >= 15 is 0 Å². The largest absolute Gasteiger partial charge is 0.398 e. The molecule has 0 atom stereocenters. The van der Waals surface area contributed by atoms with Crippen LogP contribution in [0.3, 0.4) is 0 Å². The highest BCUT2D eigenvalue weighted by molar-refractivity contribution is 7.89. The van der Waals surface area contributed by atoms with E-state index < -0.39 is 15.6 Å². The van der Waals surface area contributed by atoms with E-state index in [1.54, 1.807) is 26.0 Å². The summed E-state index contributed by atoms with van der Waals surface area (Å²) in [5, 5.41) is 2.66. The Bertz CT molecular complexity index is 610. The highest BCUT2D eigenvalue weighted by atomic mass is 32.2. The maximum Gasteiger partial charge on any atom is 0.246 e. The first kappa shape index (κ1) is 13.8. The Kier molecular flexibility index (Phi) is 3.27. The number of piperazine rings is 1. The molecule has 104 valence electrons. The lowest BCUT2D eigenvalue weighted by atomic mass is 10.0. The van der Waals surface area contributed by atoms with Gasteiger partial charge in [-0.1, -0.05) is 12.1 Å². The van der Waals surface area contributed by atoms with Crippen molar-refractivity contribution >= 4 is 21.6 Å². The molecule has 0 aromatic heterocycles. The minimum atomic E-state index is -3.79. The van der Waals surface area contributed by atoms with Gasteiger partial charge in [0.25, 0.3) is 0 Å². The predicted molar refractivity (Wildman–Crippen MR) is 71.8 cm³/mol. The number of nitrogens with zero attached hydrogens (tertiary/aromatic N) is 1. The molecule has 1 saturated heterocycles. The molecular formula is C12H17N3O3S. The molecule has 19 heavy (non-hydrogen) atoms. The van der Waals surface area contributed by atoms with Crippen molar-refractivity contribution < 1.29 is 13.2 Å². The molecular weight excluding hydrogens is 266 g/mol. The van der Waals surface area contributed by atoms with Crippen LogP contribution in [0.25, 0.3) is 0 Å². The maximum atomic E-state index is 12.6. The summed E-state index contributed by atoms with van der Waals surface area (Å²) in [6, 6.07) is 6.26. The lowest BCUT2D eigenvalue weighted by Gasteiger charge is -2.39. The third-order valence-electron chi connectivity index (χ3n) is 3.27. The number of carbonyl (C=O) groups excluding carboxylic acids is 1. The van der Waals surface area contributed by atoms with E-state index in [1.165, 1.54) is 16.4 Å². The molecule has 0 unspecified atom stereocenters. The van der Waals surface area contributed by atoms with Gasteiger partial charge in [0.15, 0.2) is 0 Å². The van der Waals surface area contributed by atoms with Gasteiger partial charge in [0.1, 0.15) is 10.4 Å². The number of nitrogen functional groups attached to an aromatic ring is 1. The highest BCUT2D eigenvalue weighted by Crippen LogP contribution is 2.29. The summed E-state index contributed by atoms with van der Waals surface area (Å²) in [5.74, 6) is -0.308. The molecule has 0 spiro atoms. The van der Waals surface area contributed by atoms with Gasteiger partial charge in [-0.2, -0.15) is 4.31 Å². The monoisotopic (exact) mass is 283 g/mol. The van der Waals surface area contributed by atoms with E-state index in [0.717, 1.165) is 0 Å². The predicted octanol–water partition coefficient (Wildman–Crippen LogP) is 0.168. The summed E-state index contributed by atoms with van der Waals surface area (Å²) in [6.07, 6.45) is 0. The minimum Gasteiger partial charge on any atom is -0.398 e. The first-order chi connectivity index (χ1) is 8.78. The number of amides is 1. The van der Waals surface area contributed by atoms with Crippen molar-refractivity contribution in [2.75, 3.05) is 18.8 Å². The summed E-state index contributed by atoms with van der Waals surface area (Å²) in [6.45, 7) is 3.69. The summed E-state index contributed by atoms with van der Waals surface area (Å²) in [7, 11) is -3.79. The molecule has 0 radical (unpaired) electrons. The summed E-state index contributed by atoms with van der Waals surface area (Å²) < 4.78 is 26.5. The Balaban J connectivity index is 2.51. The number of nitrogens with one attached hydrogen (secondary N) is 1. The molecule has 1 aromatic rings. The van der Waals surface area contributed by atoms with E-state index in [1.807, 2.05) is 0 Å². The van der Waals surface area contributed by atoms with Gasteiger partial charge < -0.3 is 11.1 Å². The quantitative estimate of drug-likeness (QED) is 0.757. The lowest BCUT2D eigenvalue weighted by Crippen LogP contribution is -2.63. The fraction of sp³-hybridized carbons (Fsp3) is 0.417. The van der Waals surface area contributed by atoms with Crippen LogP contribution in [0.15, 0.2) is 29.2 Å². The van der Waals surface area contributed by atoms with E-state index in [2.05, 4.69) is 5.32 Å². The molecule has 1 aromatic carbocycles. The third kappa shape index (κ3) is 2.19. The molecule has 0 aliphatic carbocycles. The van der Waals surface area contributed by atoms with Crippen LogP contribution in [0, 0.1) is 0 Å². The Morgan fingerprint density at radius 3 is 2.58 bits per heavy atom. The normalized spacial score (nSPS) is 20.0. The van der Waals surface area contributed by atoms with Crippen molar-refractivity contribution in [1.29, 1.82) is 0 Å². The number of para-hydroxylation sites is 1. The maximum absolute atomic E-state index is 12.6. The van der Waals surface area contributed by atoms with Gasteiger partial charge >= 0.3 is 0 Å². The molecule has 1 aliphatic rings. The molecule has 1 fully saturated rings. The molecule has 0 bridgehead atoms. The van der Waals surface area contributed by atoms with Crippen LogP contribution in [0.5, 0.6) is 0 Å². The fourth-order valence-corrected chi connectivity index (χ4v) is 4.00. The van der Waals surface area contributed by atoms with E-state index in [9.17, 15) is 13.2 Å². The average molecular weight is 283 g/mol. The van der Waals surface area contributed by atoms with Gasteiger partial charge in [-0.15, -0.1) is 0 Å². The molecule has 6 nitrogen and oxygen atoms in total. The molecule has 1 heterocycles. The van der Waals surface area contributed by atoms with Crippen molar-refractivity contribution in [2.24, 2.45) is 0 Å². The van der Waals surface area contributed by atoms with Crippen LogP contribution in [0.1, 0.15) is 13.8 Å². The summed E-state index contributed by atoms with van der Waals surface area (Å²) in [5.41, 5.74) is 4.79. The van der Waals surface area contributed by atoms with Gasteiger partial charge in [0, 0.05) is 13.1 Å². The van der Waals surface area contributed by atoms with Gasteiger partial charge in [0.05, 0.1) is 5.69 Å². The number of benzene rings is 1. The first-order valence-corrected chi connectivity index (χ1v) is 7.37. The standard InChI is InChI=1S/C12H17N3O3S/c1-12(2)11(16)14-7-8-15(12)19(17,18)10-6-4-3-5-9(10)13/h3-6H,7-8,13H2,1-2H3,(H,14,16). The van der Waals surface area contributed by atoms with Crippen molar-refractivity contribution in [3.63, 3.8) is 0 Å². The number of rotatable bonds is 2. The van der Waals surface area contributed by atoms with Gasteiger partial charge in [-0.3, -0.25) is 4.79 Å². The Labute approximate surface area is 112 Å². The van der Waals surface area contributed by atoms with Crippen molar-refractivity contribution in [2.45, 2.75) is 24.3 Å². The van der Waals surface area contributed by atoms with Crippen molar-refractivity contribution in [3.8, 4) is 0 Å². The van der Waals surface area contributed by atoms with Crippen molar-refractivity contribution in [1.82, 2.24) is 9.62 Å². The van der Waals surface area contributed by atoms with Crippen LogP contribution in [0.4, 0.5) is 5.69 Å². The van der Waals surface area contributed by atoms with Crippen LogP contribution >= 0.6 is 0 Å². The van der Waals surface area contributed by atoms with E-state index in [4.69, 9.17) is 5.73 Å². The second-order valence-electron chi connectivity index (χ2n) is 4.93. The average Bonchev–Trinajstić information content (AvgIpc) is 2.32. The van der Waals surface area contributed by atoms with Crippen LogP contribution in [-0.2, 0) is 14.8 Å². The second kappa shape index (κ2) is 4.50. The molecule has 7 heteroatoms. The third-order valence-corrected chi connectivity index (χ3v) is 5.41. The number of hydrogen-bond acceptors (Lipinski definition) is 4. The Hall–Kier alpha value is -1.60. The number of nitrogens with two attached hydrogens (primary N) is 1. The Morgan fingerprint density at radius 1 is 1.32 bits per heavy atom. The number of hydrogen-bond donors (Lipinski definition) is 2. The zero-order valence-corrected chi connectivity index (χ0v) is 11.7. The number of anilines is 1. The highest BCUT2D eigenvalue weighted by Gasteiger charge is 2.45. The van der Waals surface area contributed by atoms with Crippen LogP contribution in [0.2, 0.25) is 0 Å². The Morgan fingerprint density at radius 2 is 1.95 bits per heavy atom.